The Bertz CT molecular complexity index is 286. The zero-order valence-corrected chi connectivity index (χ0v) is 8.70. The van der Waals surface area contributed by atoms with Gasteiger partial charge in [0.25, 0.3) is 0 Å². The van der Waals surface area contributed by atoms with Crippen molar-refractivity contribution in [3.63, 3.8) is 0 Å². The first kappa shape index (κ1) is 10.9. The van der Waals surface area contributed by atoms with Crippen molar-refractivity contribution in [1.82, 2.24) is 0 Å². The molecule has 3 heteroatoms. The van der Waals surface area contributed by atoms with Gasteiger partial charge >= 0.3 is 0 Å². The van der Waals surface area contributed by atoms with Crippen LogP contribution in [-0.4, -0.2) is 17.8 Å². The van der Waals surface area contributed by atoms with E-state index in [2.05, 4.69) is 19.2 Å². The van der Waals surface area contributed by atoms with Gasteiger partial charge in [0, 0.05) is 0 Å². The van der Waals surface area contributed by atoms with Crippen LogP contribution in [0.1, 0.15) is 13.8 Å². The molecule has 1 unspecified atom stereocenters. The quantitative estimate of drug-likeness (QED) is 0.639. The Morgan fingerprint density at radius 3 is 2.50 bits per heavy atom. The molecule has 1 aromatic carbocycles. The molecule has 0 fully saturated rings. The standard InChI is InChI=1S/C11H18N2O/c1-8(2)11(7-14)13-10-6-4-3-5-9(10)12/h3-6,8,11,13-14H,7,12H2,1-2H3. The number of rotatable bonds is 4. The number of hydrogen-bond donors (Lipinski definition) is 3. The highest BCUT2D eigenvalue weighted by molar-refractivity contribution is 5.65. The third-order valence-corrected chi connectivity index (χ3v) is 2.30. The van der Waals surface area contributed by atoms with Gasteiger partial charge in [-0.25, -0.2) is 0 Å². The van der Waals surface area contributed by atoms with Crippen molar-refractivity contribution in [2.75, 3.05) is 17.7 Å². The smallest absolute Gasteiger partial charge is 0.0635 e. The van der Waals surface area contributed by atoms with Crippen molar-refractivity contribution >= 4 is 11.4 Å². The summed E-state index contributed by atoms with van der Waals surface area (Å²) in [7, 11) is 0. The molecule has 1 rings (SSSR count). The van der Waals surface area contributed by atoms with E-state index in [0.717, 1.165) is 5.69 Å². The van der Waals surface area contributed by atoms with E-state index in [0.29, 0.717) is 11.6 Å². The summed E-state index contributed by atoms with van der Waals surface area (Å²) in [4.78, 5) is 0. The fourth-order valence-electron chi connectivity index (χ4n) is 1.25. The van der Waals surface area contributed by atoms with Gasteiger partial charge in [0.1, 0.15) is 0 Å². The molecule has 0 radical (unpaired) electrons. The summed E-state index contributed by atoms with van der Waals surface area (Å²) in [5, 5.41) is 12.4. The molecule has 0 aromatic heterocycles. The number of para-hydroxylation sites is 2. The predicted molar refractivity (Wildman–Crippen MR) is 60.2 cm³/mol. The molecular formula is C11H18N2O. The Hall–Kier alpha value is -1.22. The van der Waals surface area contributed by atoms with E-state index in [-0.39, 0.29) is 12.6 Å². The summed E-state index contributed by atoms with van der Waals surface area (Å²) >= 11 is 0. The lowest BCUT2D eigenvalue weighted by molar-refractivity contribution is 0.249. The summed E-state index contributed by atoms with van der Waals surface area (Å²) in [5.41, 5.74) is 7.38. The molecule has 0 saturated carbocycles. The van der Waals surface area contributed by atoms with Gasteiger partial charge in [-0.2, -0.15) is 0 Å². The Morgan fingerprint density at radius 2 is 2.00 bits per heavy atom. The highest BCUT2D eigenvalue weighted by Gasteiger charge is 2.12. The van der Waals surface area contributed by atoms with Crippen LogP contribution < -0.4 is 11.1 Å². The fourth-order valence-corrected chi connectivity index (χ4v) is 1.25. The van der Waals surface area contributed by atoms with Crippen molar-refractivity contribution in [3.05, 3.63) is 24.3 Å². The van der Waals surface area contributed by atoms with Gasteiger partial charge in [-0.05, 0) is 18.1 Å². The van der Waals surface area contributed by atoms with Crippen molar-refractivity contribution in [2.24, 2.45) is 5.92 Å². The number of benzene rings is 1. The van der Waals surface area contributed by atoms with Crippen molar-refractivity contribution in [1.29, 1.82) is 0 Å². The van der Waals surface area contributed by atoms with Crippen LogP contribution in [0.5, 0.6) is 0 Å². The average Bonchev–Trinajstić information content (AvgIpc) is 2.16. The van der Waals surface area contributed by atoms with Crippen molar-refractivity contribution in [3.8, 4) is 0 Å². The van der Waals surface area contributed by atoms with Crippen molar-refractivity contribution < 1.29 is 5.11 Å². The lowest BCUT2D eigenvalue weighted by Gasteiger charge is -2.22. The summed E-state index contributed by atoms with van der Waals surface area (Å²) in [6, 6.07) is 7.63. The first-order valence-electron chi connectivity index (χ1n) is 4.87. The summed E-state index contributed by atoms with van der Waals surface area (Å²) in [6.45, 7) is 4.24. The molecule has 14 heavy (non-hydrogen) atoms. The van der Waals surface area contributed by atoms with E-state index in [4.69, 9.17) is 10.8 Å². The number of aliphatic hydroxyl groups is 1. The molecule has 1 atom stereocenters. The lowest BCUT2D eigenvalue weighted by Crippen LogP contribution is -2.29. The first-order chi connectivity index (χ1) is 6.65. The number of aliphatic hydroxyl groups excluding tert-OH is 1. The van der Waals surface area contributed by atoms with Gasteiger partial charge in [0.15, 0.2) is 0 Å². The van der Waals surface area contributed by atoms with E-state index >= 15 is 0 Å². The molecule has 0 aliphatic carbocycles. The Labute approximate surface area is 84.9 Å². The van der Waals surface area contributed by atoms with Crippen LogP contribution in [0.25, 0.3) is 0 Å². The third kappa shape index (κ3) is 2.64. The molecule has 1 aromatic rings. The second-order valence-corrected chi connectivity index (χ2v) is 3.76. The third-order valence-electron chi connectivity index (χ3n) is 2.30. The summed E-state index contributed by atoms with van der Waals surface area (Å²) in [6.07, 6.45) is 0. The minimum Gasteiger partial charge on any atom is -0.397 e. The van der Waals surface area contributed by atoms with E-state index in [1.54, 1.807) is 0 Å². The van der Waals surface area contributed by atoms with Gasteiger partial charge in [-0.3, -0.25) is 0 Å². The van der Waals surface area contributed by atoms with Crippen LogP contribution in [0.2, 0.25) is 0 Å². The number of nitrogens with one attached hydrogen (secondary N) is 1. The van der Waals surface area contributed by atoms with Crippen LogP contribution in [0.15, 0.2) is 24.3 Å². The molecule has 0 bridgehead atoms. The van der Waals surface area contributed by atoms with Gasteiger partial charge in [-0.1, -0.05) is 26.0 Å². The van der Waals surface area contributed by atoms with E-state index in [1.165, 1.54) is 0 Å². The molecular weight excluding hydrogens is 176 g/mol. The summed E-state index contributed by atoms with van der Waals surface area (Å²) < 4.78 is 0. The molecule has 0 saturated heterocycles. The van der Waals surface area contributed by atoms with Crippen LogP contribution in [-0.2, 0) is 0 Å². The maximum atomic E-state index is 9.15. The van der Waals surface area contributed by atoms with Crippen LogP contribution in [0.3, 0.4) is 0 Å². The Morgan fingerprint density at radius 1 is 1.36 bits per heavy atom. The zero-order valence-electron chi connectivity index (χ0n) is 8.70. The van der Waals surface area contributed by atoms with Gasteiger partial charge in [0.05, 0.1) is 24.0 Å². The topological polar surface area (TPSA) is 58.3 Å². The molecule has 0 amide bonds. The predicted octanol–water partition coefficient (Wildman–Crippen LogP) is 1.70. The molecule has 0 aliphatic rings. The zero-order chi connectivity index (χ0) is 10.6. The lowest BCUT2D eigenvalue weighted by atomic mass is 10.0. The Kier molecular flexibility index (Phi) is 3.77. The number of nitrogen functional groups attached to an aromatic ring is 1. The number of nitrogens with two attached hydrogens (primary N) is 1. The van der Waals surface area contributed by atoms with E-state index in [1.807, 2.05) is 24.3 Å². The van der Waals surface area contributed by atoms with Crippen LogP contribution in [0.4, 0.5) is 11.4 Å². The van der Waals surface area contributed by atoms with E-state index in [9.17, 15) is 0 Å². The second-order valence-electron chi connectivity index (χ2n) is 3.76. The fraction of sp³-hybridized carbons (Fsp3) is 0.455. The molecule has 3 nitrogen and oxygen atoms in total. The van der Waals surface area contributed by atoms with Gasteiger partial charge in [0.2, 0.25) is 0 Å². The van der Waals surface area contributed by atoms with Gasteiger partial charge in [-0.15, -0.1) is 0 Å². The van der Waals surface area contributed by atoms with Crippen molar-refractivity contribution in [2.45, 2.75) is 19.9 Å². The Balaban J connectivity index is 2.72. The maximum absolute atomic E-state index is 9.15. The molecule has 4 N–H and O–H groups in total. The van der Waals surface area contributed by atoms with Crippen LogP contribution >= 0.6 is 0 Å². The minimum atomic E-state index is 0.0553. The molecule has 78 valence electrons. The van der Waals surface area contributed by atoms with Gasteiger partial charge < -0.3 is 16.2 Å². The summed E-state index contributed by atoms with van der Waals surface area (Å²) in [5.74, 6) is 0.375. The van der Waals surface area contributed by atoms with E-state index < -0.39 is 0 Å². The monoisotopic (exact) mass is 194 g/mol. The highest BCUT2D eigenvalue weighted by Crippen LogP contribution is 2.19. The second kappa shape index (κ2) is 4.86. The highest BCUT2D eigenvalue weighted by atomic mass is 16.3. The first-order valence-corrected chi connectivity index (χ1v) is 4.87. The minimum absolute atomic E-state index is 0.0553. The number of hydrogen-bond acceptors (Lipinski definition) is 3. The molecule has 0 spiro atoms. The SMILES string of the molecule is CC(C)C(CO)Nc1ccccc1N. The molecule has 0 aliphatic heterocycles. The molecule has 0 heterocycles. The maximum Gasteiger partial charge on any atom is 0.0635 e. The van der Waals surface area contributed by atoms with Crippen LogP contribution in [0, 0.1) is 5.92 Å². The average molecular weight is 194 g/mol. The number of anilines is 2. The largest absolute Gasteiger partial charge is 0.397 e. The normalized spacial score (nSPS) is 12.9.